The van der Waals surface area contributed by atoms with Gasteiger partial charge in [-0.05, 0) is 56.6 Å². The second kappa shape index (κ2) is 30.5. The van der Waals surface area contributed by atoms with Crippen molar-refractivity contribution >= 4 is 11.8 Å². The number of aromatic nitrogens is 2. The second-order valence-corrected chi connectivity index (χ2v) is 21.4. The van der Waals surface area contributed by atoms with Crippen LogP contribution in [0.3, 0.4) is 0 Å². The number of fused-ring (bicyclic) bond motifs is 1. The van der Waals surface area contributed by atoms with Gasteiger partial charge in [-0.1, -0.05) is 255 Å². The number of pyridine rings is 2. The molecule has 0 spiro atoms. The molecular formula is C76H68N4O12+2. The number of hydrogen-bond donors (Lipinski definition) is 3. The Bertz CT molecular complexity index is 3960. The third-order valence-corrected chi connectivity index (χ3v) is 15.3. The standard InChI is InChI=1S/C42H35N2O7.C34H33N2O5/c1-48-28-38(51-44-41(45)33-24-14-15-25-34(33)42(44)46)35-26-36(49-39(29-16-6-2-7-17-29)30-18-8-3-9-19-30)37(27-43(35)47)50-40(31-20-10-4-11-21-31)32-22-12-5-13-23-32;1-38-24-32(41-35)29-22-30(39-33(25-14-6-2-7-15-25)26-16-8-3-9-17-26)31(23-36(29)37)40-34(27-18-10-4-11-19-27)28-20-12-5-13-21-28/h2-27,38-40,47H,28H2,1H3;2-23,32-34,37H,24,35H2,1H3/q2*+1. The maximum atomic E-state index is 13.3. The van der Waals surface area contributed by atoms with Crippen molar-refractivity contribution in [1.29, 1.82) is 0 Å². The molecule has 0 saturated carbocycles. The molecule has 12 rings (SSSR count). The molecule has 1 aliphatic heterocycles. The van der Waals surface area contributed by atoms with Gasteiger partial charge >= 0.3 is 0 Å². The van der Waals surface area contributed by atoms with Crippen LogP contribution in [-0.2, 0) is 19.1 Å². The quantitative estimate of drug-likeness (QED) is 0.0213. The van der Waals surface area contributed by atoms with E-state index in [9.17, 15) is 20.0 Å². The minimum Gasteiger partial charge on any atom is -0.477 e. The summed E-state index contributed by atoms with van der Waals surface area (Å²) in [5.41, 5.74) is 8.29. The van der Waals surface area contributed by atoms with E-state index in [0.717, 1.165) is 54.0 Å². The van der Waals surface area contributed by atoms with Gasteiger partial charge in [0.05, 0.1) is 36.5 Å². The molecule has 92 heavy (non-hydrogen) atoms. The fourth-order valence-corrected chi connectivity index (χ4v) is 10.8. The second-order valence-electron chi connectivity index (χ2n) is 21.4. The zero-order valence-electron chi connectivity index (χ0n) is 50.5. The summed E-state index contributed by atoms with van der Waals surface area (Å²) in [6.07, 6.45) is -1.11. The van der Waals surface area contributed by atoms with Crippen LogP contribution in [0.2, 0.25) is 0 Å². The number of ether oxygens (including phenoxy) is 6. The largest absolute Gasteiger partial charge is 0.477 e. The summed E-state index contributed by atoms with van der Waals surface area (Å²) in [4.78, 5) is 37.7. The summed E-state index contributed by atoms with van der Waals surface area (Å²) >= 11 is 0. The number of carbonyl (C=O) groups excluding carboxylic acids is 2. The lowest BCUT2D eigenvalue weighted by molar-refractivity contribution is -0.911. The highest BCUT2D eigenvalue weighted by atomic mass is 16.7. The Morgan fingerprint density at radius 1 is 0.359 bits per heavy atom. The average molecular weight is 1230 g/mol. The normalized spacial score (nSPS) is 12.5. The molecule has 0 bridgehead atoms. The number of rotatable bonds is 25. The SMILES string of the molecule is COCC(ON)c1cc(OC(c2ccccc2)c2ccccc2)c(OC(c2ccccc2)c2ccccc2)c[n+]1O.COCC(ON1C(=O)c2ccccc2C1=O)c1cc(OC(c2ccccc2)c2ccccc2)c(OC(c2ccccc2)c2ccccc2)c[n+]1O. The first kappa shape index (κ1) is 62.6. The van der Waals surface area contributed by atoms with Crippen LogP contribution in [0.1, 0.15) is 113 Å². The van der Waals surface area contributed by atoms with E-state index in [4.69, 9.17) is 44.0 Å². The van der Waals surface area contributed by atoms with Crippen LogP contribution < -0.4 is 34.3 Å². The van der Waals surface area contributed by atoms with Crippen molar-refractivity contribution in [2.24, 2.45) is 5.90 Å². The van der Waals surface area contributed by atoms with Crippen LogP contribution in [0.15, 0.2) is 291 Å². The lowest BCUT2D eigenvalue weighted by Gasteiger charge is -2.25. The first-order valence-electron chi connectivity index (χ1n) is 29.8. The van der Waals surface area contributed by atoms with E-state index in [-0.39, 0.29) is 41.5 Å². The number of amides is 2. The van der Waals surface area contributed by atoms with Crippen LogP contribution >= 0.6 is 0 Å². The number of hydrogen-bond acceptors (Lipinski definition) is 13. The fourth-order valence-electron chi connectivity index (χ4n) is 10.8. The van der Waals surface area contributed by atoms with Crippen molar-refractivity contribution in [1.82, 2.24) is 5.06 Å². The number of carbonyl (C=O) groups is 2. The van der Waals surface area contributed by atoms with Crippen molar-refractivity contribution in [3.63, 3.8) is 0 Å². The molecule has 16 nitrogen and oxygen atoms in total. The molecule has 11 aromatic rings. The van der Waals surface area contributed by atoms with E-state index in [1.165, 1.54) is 26.6 Å². The summed E-state index contributed by atoms with van der Waals surface area (Å²) in [6, 6.07) is 88.5. The van der Waals surface area contributed by atoms with Gasteiger partial charge in [-0.15, -0.1) is 5.06 Å². The van der Waals surface area contributed by atoms with E-state index in [2.05, 4.69) is 0 Å². The number of nitrogens with zero attached hydrogens (tertiary/aromatic N) is 3. The predicted molar refractivity (Wildman–Crippen MR) is 342 cm³/mol. The van der Waals surface area contributed by atoms with Crippen LogP contribution in [0, 0.1) is 0 Å². The Morgan fingerprint density at radius 3 is 0.859 bits per heavy atom. The summed E-state index contributed by atoms with van der Waals surface area (Å²) in [7, 11) is 2.99. The Labute approximate surface area is 533 Å². The van der Waals surface area contributed by atoms with Gasteiger partial charge in [0, 0.05) is 23.7 Å². The van der Waals surface area contributed by atoms with Crippen molar-refractivity contribution < 1.29 is 67.6 Å². The minimum absolute atomic E-state index is 0.119. The average Bonchev–Trinajstić information content (AvgIpc) is 1.63. The van der Waals surface area contributed by atoms with Gasteiger partial charge in [0.25, 0.3) is 35.6 Å². The Balaban J connectivity index is 0.000000193. The number of hydroxylamine groups is 2. The van der Waals surface area contributed by atoms with E-state index in [1.807, 2.05) is 243 Å². The first-order chi connectivity index (χ1) is 45.2. The molecule has 3 heterocycles. The number of nitrogens with two attached hydrogens (primary N) is 1. The maximum absolute atomic E-state index is 13.3. The molecule has 0 radical (unpaired) electrons. The molecule has 4 N–H and O–H groups in total. The summed E-state index contributed by atoms with van der Waals surface area (Å²) < 4.78 is 39.6. The third kappa shape index (κ3) is 14.8. The topological polar surface area (TPSA) is 185 Å². The summed E-state index contributed by atoms with van der Waals surface area (Å²) in [6.45, 7) is -0.000771. The van der Waals surface area contributed by atoms with Gasteiger partial charge in [-0.2, -0.15) is 0 Å². The highest BCUT2D eigenvalue weighted by molar-refractivity contribution is 6.20. The van der Waals surface area contributed by atoms with E-state index < -0.39 is 48.4 Å². The zero-order chi connectivity index (χ0) is 63.6. The van der Waals surface area contributed by atoms with Gasteiger partial charge in [-0.25, -0.2) is 10.7 Å². The number of methoxy groups -OCH3 is 2. The van der Waals surface area contributed by atoms with Crippen molar-refractivity contribution in [2.45, 2.75) is 36.6 Å². The lowest BCUT2D eigenvalue weighted by atomic mass is 10.0. The molecule has 0 saturated heterocycles. The molecule has 462 valence electrons. The van der Waals surface area contributed by atoms with Crippen molar-refractivity contribution in [3.05, 3.63) is 358 Å². The summed E-state index contributed by atoms with van der Waals surface area (Å²) in [5.74, 6) is 5.60. The Kier molecular flexibility index (Phi) is 20.8. The van der Waals surface area contributed by atoms with E-state index >= 15 is 0 Å². The van der Waals surface area contributed by atoms with Gasteiger partial charge in [0.2, 0.25) is 11.5 Å². The summed E-state index contributed by atoms with van der Waals surface area (Å²) in [5, 5.41) is 23.3. The first-order valence-corrected chi connectivity index (χ1v) is 29.8. The Morgan fingerprint density at radius 2 is 0.598 bits per heavy atom. The zero-order valence-corrected chi connectivity index (χ0v) is 50.5. The highest BCUT2D eigenvalue weighted by Crippen LogP contribution is 2.42. The van der Waals surface area contributed by atoms with Crippen molar-refractivity contribution in [2.75, 3.05) is 27.4 Å². The van der Waals surface area contributed by atoms with E-state index in [0.29, 0.717) is 22.3 Å². The molecule has 0 fully saturated rings. The molecule has 1 aliphatic rings. The Hall–Kier alpha value is -11.0. The van der Waals surface area contributed by atoms with Crippen LogP contribution in [0.5, 0.6) is 23.0 Å². The van der Waals surface area contributed by atoms with Crippen LogP contribution in [0.25, 0.3) is 0 Å². The van der Waals surface area contributed by atoms with Gasteiger partial charge in [-0.3, -0.25) is 24.8 Å². The van der Waals surface area contributed by atoms with Gasteiger partial charge < -0.3 is 28.4 Å². The lowest BCUT2D eigenvalue weighted by Crippen LogP contribution is -2.41. The molecule has 2 unspecified atom stereocenters. The molecule has 9 aromatic carbocycles. The van der Waals surface area contributed by atoms with Gasteiger partial charge in [0.1, 0.15) is 24.4 Å². The molecular weight excluding hydrogens is 1160 g/mol. The fraction of sp³-hybridized carbons (Fsp3) is 0.132. The van der Waals surface area contributed by atoms with Crippen LogP contribution in [0.4, 0.5) is 0 Å². The third-order valence-electron chi connectivity index (χ3n) is 15.3. The molecule has 0 aliphatic carbocycles. The smallest absolute Gasteiger partial charge is 0.285 e. The monoisotopic (exact) mass is 1230 g/mol. The van der Waals surface area contributed by atoms with Crippen LogP contribution in [-0.4, -0.2) is 54.7 Å². The number of imide groups is 1. The molecule has 2 aromatic heterocycles. The van der Waals surface area contributed by atoms with Gasteiger partial charge in [0.15, 0.2) is 23.7 Å². The molecule has 2 amide bonds. The van der Waals surface area contributed by atoms with E-state index in [1.54, 1.807) is 36.4 Å². The molecule has 16 heteroatoms. The maximum Gasteiger partial charge on any atom is 0.285 e. The molecule has 2 atom stereocenters. The number of benzene rings is 9. The minimum atomic E-state index is -1.12. The van der Waals surface area contributed by atoms with Crippen molar-refractivity contribution in [3.8, 4) is 23.0 Å². The predicted octanol–water partition coefficient (Wildman–Crippen LogP) is 13.6. The highest BCUT2D eigenvalue weighted by Gasteiger charge is 2.41.